The zero-order valence-electron chi connectivity index (χ0n) is 16.0. The van der Waals surface area contributed by atoms with E-state index in [-0.39, 0.29) is 17.2 Å². The van der Waals surface area contributed by atoms with Crippen LogP contribution in [-0.4, -0.2) is 38.7 Å². The van der Waals surface area contributed by atoms with E-state index < -0.39 is 0 Å². The number of thiazole rings is 1. The lowest BCUT2D eigenvalue weighted by Gasteiger charge is -2.30. The van der Waals surface area contributed by atoms with Crippen LogP contribution in [0.2, 0.25) is 0 Å². The molecule has 1 amide bonds. The fourth-order valence-corrected chi connectivity index (χ4v) is 4.42. The Bertz CT molecular complexity index is 1070. The summed E-state index contributed by atoms with van der Waals surface area (Å²) in [4.78, 5) is 32.0. The second kappa shape index (κ2) is 7.81. The van der Waals surface area contributed by atoms with Gasteiger partial charge < -0.3 is 0 Å². The quantitative estimate of drug-likeness (QED) is 0.732. The van der Waals surface area contributed by atoms with Crippen LogP contribution in [0, 0.1) is 5.92 Å². The lowest BCUT2D eigenvalue weighted by Crippen LogP contribution is -2.33. The van der Waals surface area contributed by atoms with Crippen molar-refractivity contribution in [1.82, 2.24) is 19.7 Å². The minimum atomic E-state index is -0.362. The van der Waals surface area contributed by atoms with Crippen LogP contribution in [0.15, 0.2) is 34.4 Å². The first kappa shape index (κ1) is 18.8. The van der Waals surface area contributed by atoms with Crippen LogP contribution in [0.4, 0.5) is 5.13 Å². The van der Waals surface area contributed by atoms with E-state index in [1.165, 1.54) is 28.9 Å². The Kier molecular flexibility index (Phi) is 5.23. The van der Waals surface area contributed by atoms with Gasteiger partial charge in [0, 0.05) is 30.9 Å². The van der Waals surface area contributed by atoms with Gasteiger partial charge in [0.25, 0.3) is 11.5 Å². The Morgan fingerprint density at radius 2 is 2.11 bits per heavy atom. The molecule has 4 rings (SSSR count). The molecule has 0 aliphatic carbocycles. The number of rotatable bonds is 4. The molecule has 1 aromatic carbocycles. The van der Waals surface area contributed by atoms with Crippen LogP contribution in [0.3, 0.4) is 0 Å². The van der Waals surface area contributed by atoms with Crippen molar-refractivity contribution in [3.05, 3.63) is 51.4 Å². The number of carbonyl (C=O) groups excluding carboxylic acids is 1. The summed E-state index contributed by atoms with van der Waals surface area (Å²) in [5.41, 5.74) is 0.964. The molecule has 1 N–H and O–H groups in total. The van der Waals surface area contributed by atoms with Gasteiger partial charge in [0.15, 0.2) is 10.8 Å². The largest absolute Gasteiger partial charge is 0.297 e. The number of aromatic nitrogens is 3. The highest BCUT2D eigenvalue weighted by molar-refractivity contribution is 7.14. The maximum atomic E-state index is 12.8. The van der Waals surface area contributed by atoms with Crippen LogP contribution in [0.25, 0.3) is 10.8 Å². The van der Waals surface area contributed by atoms with Crippen molar-refractivity contribution >= 4 is 33.1 Å². The number of anilines is 1. The number of nitrogens with zero attached hydrogens (tertiary/aromatic N) is 4. The van der Waals surface area contributed by atoms with Crippen LogP contribution in [-0.2, 0) is 13.6 Å². The third-order valence-electron chi connectivity index (χ3n) is 5.07. The number of amides is 1. The maximum absolute atomic E-state index is 12.8. The summed E-state index contributed by atoms with van der Waals surface area (Å²) < 4.78 is 1.20. The molecule has 1 aliphatic rings. The van der Waals surface area contributed by atoms with Gasteiger partial charge >= 0.3 is 0 Å². The summed E-state index contributed by atoms with van der Waals surface area (Å²) in [5, 5.41) is 10.6. The topological polar surface area (TPSA) is 80.1 Å². The number of piperidine rings is 1. The van der Waals surface area contributed by atoms with Gasteiger partial charge in [0.2, 0.25) is 0 Å². The molecule has 1 atom stereocenters. The van der Waals surface area contributed by atoms with Crippen LogP contribution in [0.5, 0.6) is 0 Å². The first-order chi connectivity index (χ1) is 13.5. The standard InChI is InChI=1S/C20H23N5O2S/c1-13-6-5-9-25(10-13)11-14-12-28-20(21-14)22-18(26)17-15-7-3-4-8-16(15)19(27)24(2)23-17/h3-4,7-8,12-13H,5-6,9-11H2,1-2H3,(H,21,22,26). The molecule has 0 bridgehead atoms. The number of carbonyl (C=O) groups is 1. The fourth-order valence-electron chi connectivity index (χ4n) is 3.72. The lowest BCUT2D eigenvalue weighted by molar-refractivity contribution is 0.102. The van der Waals surface area contributed by atoms with Gasteiger partial charge in [0.05, 0.1) is 11.1 Å². The van der Waals surface area contributed by atoms with Gasteiger partial charge in [-0.3, -0.25) is 19.8 Å². The number of fused-ring (bicyclic) bond motifs is 1. The van der Waals surface area contributed by atoms with Gasteiger partial charge in [-0.25, -0.2) is 9.67 Å². The van der Waals surface area contributed by atoms with E-state index in [2.05, 4.69) is 27.2 Å². The predicted octanol–water partition coefficient (Wildman–Crippen LogP) is 2.87. The van der Waals surface area contributed by atoms with Crippen molar-refractivity contribution in [2.24, 2.45) is 13.0 Å². The second-order valence-electron chi connectivity index (χ2n) is 7.40. The lowest BCUT2D eigenvalue weighted by atomic mass is 10.0. The normalized spacial score (nSPS) is 17.7. The average molecular weight is 398 g/mol. The van der Waals surface area contributed by atoms with E-state index in [9.17, 15) is 9.59 Å². The molecule has 1 unspecified atom stereocenters. The number of benzene rings is 1. The molecule has 1 saturated heterocycles. The molecule has 1 fully saturated rings. The Morgan fingerprint density at radius 3 is 2.89 bits per heavy atom. The predicted molar refractivity (Wildman–Crippen MR) is 111 cm³/mol. The van der Waals surface area contributed by atoms with Crippen LogP contribution >= 0.6 is 11.3 Å². The van der Waals surface area contributed by atoms with Crippen LogP contribution < -0.4 is 10.9 Å². The van der Waals surface area contributed by atoms with Gasteiger partial charge in [-0.1, -0.05) is 25.1 Å². The minimum Gasteiger partial charge on any atom is -0.297 e. The Morgan fingerprint density at radius 1 is 1.32 bits per heavy atom. The van der Waals surface area contributed by atoms with E-state index in [0.29, 0.717) is 15.9 Å². The van der Waals surface area contributed by atoms with Gasteiger partial charge in [0.1, 0.15) is 0 Å². The number of hydrogen-bond acceptors (Lipinski definition) is 6. The molecule has 2 aromatic heterocycles. The van der Waals surface area contributed by atoms with E-state index in [4.69, 9.17) is 0 Å². The van der Waals surface area contributed by atoms with Crippen LogP contribution in [0.1, 0.15) is 35.9 Å². The van der Waals surface area contributed by atoms with Gasteiger partial charge in [-0.2, -0.15) is 5.10 Å². The number of aryl methyl sites for hydroxylation is 1. The van der Waals surface area contributed by atoms with Gasteiger partial charge in [-0.15, -0.1) is 11.3 Å². The van der Waals surface area contributed by atoms with Gasteiger partial charge in [-0.05, 0) is 31.4 Å². The first-order valence-corrected chi connectivity index (χ1v) is 10.3. The van der Waals surface area contributed by atoms with Crippen molar-refractivity contribution in [2.75, 3.05) is 18.4 Å². The van der Waals surface area contributed by atoms with E-state index in [1.54, 1.807) is 31.3 Å². The highest BCUT2D eigenvalue weighted by atomic mass is 32.1. The highest BCUT2D eigenvalue weighted by Gasteiger charge is 2.19. The van der Waals surface area contributed by atoms with Crippen molar-refractivity contribution in [2.45, 2.75) is 26.3 Å². The highest BCUT2D eigenvalue weighted by Crippen LogP contribution is 2.22. The van der Waals surface area contributed by atoms with Crippen molar-refractivity contribution in [3.8, 4) is 0 Å². The smallest absolute Gasteiger partial charge is 0.278 e. The molecule has 0 spiro atoms. The zero-order chi connectivity index (χ0) is 19.7. The Balaban J connectivity index is 1.52. The second-order valence-corrected chi connectivity index (χ2v) is 8.26. The minimum absolute atomic E-state index is 0.222. The molecule has 0 radical (unpaired) electrons. The molecule has 3 heterocycles. The molecule has 28 heavy (non-hydrogen) atoms. The number of hydrogen-bond donors (Lipinski definition) is 1. The molecule has 8 heteroatoms. The molecule has 7 nitrogen and oxygen atoms in total. The molecular weight excluding hydrogens is 374 g/mol. The summed E-state index contributed by atoms with van der Waals surface area (Å²) in [6.45, 7) is 5.27. The van der Waals surface area contributed by atoms with Crippen molar-refractivity contribution < 1.29 is 4.79 Å². The Labute approximate surface area is 167 Å². The maximum Gasteiger partial charge on any atom is 0.278 e. The van der Waals surface area contributed by atoms with Crippen molar-refractivity contribution in [1.29, 1.82) is 0 Å². The number of nitrogens with one attached hydrogen (secondary N) is 1. The van der Waals surface area contributed by atoms with E-state index in [1.807, 2.05) is 5.38 Å². The molecular formula is C20H23N5O2S. The Hall–Kier alpha value is -2.58. The summed E-state index contributed by atoms with van der Waals surface area (Å²) in [6, 6.07) is 7.02. The summed E-state index contributed by atoms with van der Waals surface area (Å²) >= 11 is 1.41. The molecule has 0 saturated carbocycles. The SMILES string of the molecule is CC1CCCN(Cc2csc(NC(=O)c3nn(C)c(=O)c4ccccc34)n2)C1. The molecule has 1 aliphatic heterocycles. The third-order valence-corrected chi connectivity index (χ3v) is 5.88. The average Bonchev–Trinajstić information content (AvgIpc) is 3.11. The molecule has 146 valence electrons. The monoisotopic (exact) mass is 397 g/mol. The summed E-state index contributed by atoms with van der Waals surface area (Å²) in [5.74, 6) is 0.356. The van der Waals surface area contributed by atoms with E-state index in [0.717, 1.165) is 31.2 Å². The van der Waals surface area contributed by atoms with Crippen molar-refractivity contribution in [3.63, 3.8) is 0 Å². The third kappa shape index (κ3) is 3.83. The van der Waals surface area contributed by atoms with E-state index >= 15 is 0 Å². The summed E-state index contributed by atoms with van der Waals surface area (Å²) in [6.07, 6.45) is 2.51. The first-order valence-electron chi connectivity index (χ1n) is 9.45. The zero-order valence-corrected chi connectivity index (χ0v) is 16.8. The number of likely N-dealkylation sites (tertiary alicyclic amines) is 1. The fraction of sp³-hybridized carbons (Fsp3) is 0.400. The molecule has 3 aromatic rings. The summed E-state index contributed by atoms with van der Waals surface area (Å²) in [7, 11) is 1.55.